The number of hydrogen-bond acceptors (Lipinski definition) is 4. The summed E-state index contributed by atoms with van der Waals surface area (Å²) in [5.74, 6) is -0.755. The molecule has 0 aliphatic rings. The summed E-state index contributed by atoms with van der Waals surface area (Å²) < 4.78 is 29.1. The summed E-state index contributed by atoms with van der Waals surface area (Å²) in [6, 6.07) is 20.5. The molecule has 0 fully saturated rings. The number of aryl methyl sites for hydroxylation is 3. The van der Waals surface area contributed by atoms with Crippen molar-refractivity contribution in [2.24, 2.45) is 0 Å². The van der Waals surface area contributed by atoms with Gasteiger partial charge in [-0.05, 0) is 70.4 Å². The van der Waals surface area contributed by atoms with Crippen LogP contribution in [0.1, 0.15) is 49.4 Å². The minimum atomic E-state index is -4.09. The Morgan fingerprint density at radius 2 is 1.49 bits per heavy atom. The Morgan fingerprint density at radius 3 is 2.08 bits per heavy atom. The minimum Gasteiger partial charge on any atom is -0.352 e. The number of amides is 2. The molecule has 0 aliphatic heterocycles. The molecule has 7 nitrogen and oxygen atoms in total. The zero-order valence-corrected chi connectivity index (χ0v) is 24.5. The van der Waals surface area contributed by atoms with Crippen LogP contribution in [0.2, 0.25) is 0 Å². The maximum absolute atomic E-state index is 14.0. The van der Waals surface area contributed by atoms with Crippen molar-refractivity contribution < 1.29 is 18.0 Å². The van der Waals surface area contributed by atoms with Crippen LogP contribution < -0.4 is 9.62 Å². The third-order valence-electron chi connectivity index (χ3n) is 6.87. The van der Waals surface area contributed by atoms with Gasteiger partial charge in [-0.1, -0.05) is 72.6 Å². The highest BCUT2D eigenvalue weighted by Crippen LogP contribution is 2.28. The van der Waals surface area contributed by atoms with Gasteiger partial charge >= 0.3 is 0 Å². The zero-order valence-electron chi connectivity index (χ0n) is 23.6. The van der Waals surface area contributed by atoms with Gasteiger partial charge in [0.15, 0.2) is 0 Å². The number of carbonyl (C=O) groups excluding carboxylic acids is 2. The molecule has 0 radical (unpaired) electrons. The van der Waals surface area contributed by atoms with E-state index >= 15 is 0 Å². The summed E-state index contributed by atoms with van der Waals surface area (Å²) >= 11 is 0. The number of benzene rings is 3. The third-order valence-corrected chi connectivity index (χ3v) is 8.65. The zero-order chi connectivity index (χ0) is 28.7. The standard InChI is InChI=1S/C31H39N3O4S/c1-7-25(5)32-31(36)26(6)33(20-27-11-9-8-10-12-27)30(35)21-34(29-18-15-23(3)19-24(29)4)39(37,38)28-16-13-22(2)14-17-28/h8-19,25-26H,7,20-21H2,1-6H3,(H,32,36). The lowest BCUT2D eigenvalue weighted by atomic mass is 10.1. The van der Waals surface area contributed by atoms with Crippen LogP contribution in [0.15, 0.2) is 77.7 Å². The molecule has 208 valence electrons. The molecule has 0 saturated heterocycles. The number of carbonyl (C=O) groups is 2. The van der Waals surface area contributed by atoms with E-state index < -0.39 is 28.5 Å². The van der Waals surface area contributed by atoms with Gasteiger partial charge in [-0.2, -0.15) is 0 Å². The van der Waals surface area contributed by atoms with Gasteiger partial charge in [-0.15, -0.1) is 0 Å². The lowest BCUT2D eigenvalue weighted by molar-refractivity contribution is -0.139. The summed E-state index contributed by atoms with van der Waals surface area (Å²) in [6.45, 7) is 10.9. The van der Waals surface area contributed by atoms with Gasteiger partial charge in [0, 0.05) is 12.6 Å². The smallest absolute Gasteiger partial charge is 0.264 e. The molecule has 0 aromatic heterocycles. The molecule has 0 bridgehead atoms. The highest BCUT2D eigenvalue weighted by atomic mass is 32.2. The van der Waals surface area contributed by atoms with Crippen LogP contribution in [0, 0.1) is 20.8 Å². The van der Waals surface area contributed by atoms with Gasteiger partial charge in [0.1, 0.15) is 12.6 Å². The average Bonchev–Trinajstić information content (AvgIpc) is 2.91. The lowest BCUT2D eigenvalue weighted by Crippen LogP contribution is -2.52. The second-order valence-electron chi connectivity index (χ2n) is 10.1. The summed E-state index contributed by atoms with van der Waals surface area (Å²) in [4.78, 5) is 28.6. The molecular formula is C31H39N3O4S. The topological polar surface area (TPSA) is 86.8 Å². The molecule has 2 amide bonds. The van der Waals surface area contributed by atoms with E-state index in [4.69, 9.17) is 0 Å². The van der Waals surface area contributed by atoms with Crippen molar-refractivity contribution in [3.05, 3.63) is 95.1 Å². The monoisotopic (exact) mass is 549 g/mol. The molecule has 3 aromatic carbocycles. The van der Waals surface area contributed by atoms with Crippen LogP contribution in [-0.2, 0) is 26.2 Å². The van der Waals surface area contributed by atoms with Crippen LogP contribution in [0.4, 0.5) is 5.69 Å². The first-order valence-electron chi connectivity index (χ1n) is 13.2. The Balaban J connectivity index is 2.04. The van der Waals surface area contributed by atoms with Crippen molar-refractivity contribution in [1.29, 1.82) is 0 Å². The van der Waals surface area contributed by atoms with Gasteiger partial charge in [0.2, 0.25) is 11.8 Å². The Bertz CT molecular complexity index is 1390. The van der Waals surface area contributed by atoms with Crippen molar-refractivity contribution in [2.45, 2.75) is 71.5 Å². The molecule has 0 heterocycles. The maximum atomic E-state index is 14.0. The summed E-state index contributed by atoms with van der Waals surface area (Å²) in [6.07, 6.45) is 0.750. The molecule has 3 rings (SSSR count). The van der Waals surface area contributed by atoms with Crippen molar-refractivity contribution in [3.63, 3.8) is 0 Å². The first-order valence-corrected chi connectivity index (χ1v) is 14.7. The second kappa shape index (κ2) is 12.9. The first kappa shape index (κ1) is 29.9. The third kappa shape index (κ3) is 7.47. The van der Waals surface area contributed by atoms with Crippen LogP contribution in [0.5, 0.6) is 0 Å². The molecule has 0 aliphatic carbocycles. The van der Waals surface area contributed by atoms with E-state index in [1.165, 1.54) is 4.90 Å². The van der Waals surface area contributed by atoms with Gasteiger partial charge < -0.3 is 10.2 Å². The van der Waals surface area contributed by atoms with Crippen LogP contribution in [-0.4, -0.2) is 43.8 Å². The number of rotatable bonds is 11. The fourth-order valence-corrected chi connectivity index (χ4v) is 5.74. The van der Waals surface area contributed by atoms with E-state index in [1.54, 1.807) is 37.3 Å². The van der Waals surface area contributed by atoms with Gasteiger partial charge in [0.25, 0.3) is 10.0 Å². The number of anilines is 1. The Morgan fingerprint density at radius 1 is 0.872 bits per heavy atom. The fourth-order valence-electron chi connectivity index (χ4n) is 4.26. The molecule has 2 atom stereocenters. The summed E-state index contributed by atoms with van der Waals surface area (Å²) in [5.41, 5.74) is 3.91. The molecule has 0 saturated carbocycles. The van der Waals surface area contributed by atoms with E-state index in [-0.39, 0.29) is 23.4 Å². The predicted molar refractivity (Wildman–Crippen MR) is 156 cm³/mol. The molecular weight excluding hydrogens is 510 g/mol. The molecule has 1 N–H and O–H groups in total. The molecule has 39 heavy (non-hydrogen) atoms. The van der Waals surface area contributed by atoms with Crippen molar-refractivity contribution in [1.82, 2.24) is 10.2 Å². The maximum Gasteiger partial charge on any atom is 0.264 e. The Labute approximate surface area is 232 Å². The lowest BCUT2D eigenvalue weighted by Gasteiger charge is -2.33. The summed E-state index contributed by atoms with van der Waals surface area (Å²) in [7, 11) is -4.09. The number of sulfonamides is 1. The Hall–Kier alpha value is -3.65. The number of nitrogens with zero attached hydrogens (tertiary/aromatic N) is 2. The SMILES string of the molecule is CCC(C)NC(=O)C(C)N(Cc1ccccc1)C(=O)CN(c1ccc(C)cc1C)S(=O)(=O)c1ccc(C)cc1. The average molecular weight is 550 g/mol. The normalized spacial score (nSPS) is 12.9. The molecule has 2 unspecified atom stereocenters. The minimum absolute atomic E-state index is 0.0535. The van der Waals surface area contributed by atoms with E-state index in [0.29, 0.717) is 5.69 Å². The van der Waals surface area contributed by atoms with Crippen LogP contribution >= 0.6 is 0 Å². The highest BCUT2D eigenvalue weighted by Gasteiger charge is 2.33. The quantitative estimate of drug-likeness (QED) is 0.359. The van der Waals surface area contributed by atoms with E-state index in [9.17, 15) is 18.0 Å². The van der Waals surface area contributed by atoms with E-state index in [2.05, 4.69) is 5.32 Å². The van der Waals surface area contributed by atoms with Crippen molar-refractivity contribution in [2.75, 3.05) is 10.8 Å². The van der Waals surface area contributed by atoms with Gasteiger partial charge in [-0.25, -0.2) is 8.42 Å². The van der Waals surface area contributed by atoms with Crippen LogP contribution in [0.25, 0.3) is 0 Å². The molecule has 0 spiro atoms. The molecule has 8 heteroatoms. The van der Waals surface area contributed by atoms with Crippen molar-refractivity contribution in [3.8, 4) is 0 Å². The van der Waals surface area contributed by atoms with E-state index in [0.717, 1.165) is 33.0 Å². The predicted octanol–water partition coefficient (Wildman–Crippen LogP) is 5.14. The van der Waals surface area contributed by atoms with Gasteiger partial charge in [-0.3, -0.25) is 13.9 Å². The van der Waals surface area contributed by atoms with Crippen LogP contribution in [0.3, 0.4) is 0 Å². The van der Waals surface area contributed by atoms with Crippen molar-refractivity contribution >= 4 is 27.5 Å². The second-order valence-corrected chi connectivity index (χ2v) is 12.0. The fraction of sp³-hybridized carbons (Fsp3) is 0.355. The first-order chi connectivity index (χ1) is 18.4. The highest BCUT2D eigenvalue weighted by molar-refractivity contribution is 7.92. The number of nitrogens with one attached hydrogen (secondary N) is 1. The van der Waals surface area contributed by atoms with E-state index in [1.807, 2.05) is 77.1 Å². The Kier molecular flexibility index (Phi) is 9.92. The largest absolute Gasteiger partial charge is 0.352 e. The van der Waals surface area contributed by atoms with Gasteiger partial charge in [0.05, 0.1) is 10.6 Å². The number of hydrogen-bond donors (Lipinski definition) is 1. The summed E-state index contributed by atoms with van der Waals surface area (Å²) in [5, 5.41) is 2.95. The molecule has 3 aromatic rings.